The Morgan fingerprint density at radius 3 is 2.47 bits per heavy atom. The molecule has 0 bridgehead atoms. The Morgan fingerprint density at radius 2 is 1.81 bits per heavy atom. The van der Waals surface area contributed by atoms with Crippen LogP contribution in [0, 0.1) is 13.8 Å². The molecule has 2 saturated heterocycles. The molecule has 0 radical (unpaired) electrons. The molecule has 2 aromatic rings. The fraction of sp³-hybridized carbons (Fsp3) is 0.409. The Balaban J connectivity index is 1.39. The highest BCUT2D eigenvalue weighted by atomic mass is 32.2. The molecule has 10 heteroatoms. The summed E-state index contributed by atoms with van der Waals surface area (Å²) in [5, 5.41) is 13.2. The van der Waals surface area contributed by atoms with Crippen LogP contribution in [0.15, 0.2) is 41.3 Å². The van der Waals surface area contributed by atoms with Gasteiger partial charge in [-0.1, -0.05) is 6.07 Å². The van der Waals surface area contributed by atoms with Gasteiger partial charge in [-0.15, -0.1) is 0 Å². The number of nitrogens with one attached hydrogen (secondary N) is 3. The normalized spacial score (nSPS) is 22.1. The molecule has 4 N–H and O–H groups in total. The molecule has 9 nitrogen and oxygen atoms in total. The number of amides is 1. The maximum atomic E-state index is 12.7. The van der Waals surface area contributed by atoms with E-state index in [4.69, 9.17) is 4.74 Å². The van der Waals surface area contributed by atoms with E-state index < -0.39 is 16.1 Å². The van der Waals surface area contributed by atoms with E-state index in [0.29, 0.717) is 38.4 Å². The quantitative estimate of drug-likeness (QED) is 0.535. The highest BCUT2D eigenvalue weighted by molar-refractivity contribution is 7.89. The second-order valence-electron chi connectivity index (χ2n) is 8.17. The van der Waals surface area contributed by atoms with Gasteiger partial charge in [0, 0.05) is 24.3 Å². The summed E-state index contributed by atoms with van der Waals surface area (Å²) < 4.78 is 32.1. The number of carbonyl (C=O) groups excluding carboxylic acids is 1. The van der Waals surface area contributed by atoms with Crippen LogP contribution in [-0.2, 0) is 19.6 Å². The number of aromatic hydroxyl groups is 1. The van der Waals surface area contributed by atoms with Crippen molar-refractivity contribution in [3.05, 3.63) is 53.1 Å². The maximum absolute atomic E-state index is 12.7. The van der Waals surface area contributed by atoms with Crippen molar-refractivity contribution < 1.29 is 23.1 Å². The highest BCUT2D eigenvalue weighted by Gasteiger charge is 2.32. The lowest BCUT2D eigenvalue weighted by Crippen LogP contribution is -2.40. The summed E-state index contributed by atoms with van der Waals surface area (Å²) in [6.45, 7) is 5.29. The van der Waals surface area contributed by atoms with Crippen LogP contribution in [-0.4, -0.2) is 56.1 Å². The van der Waals surface area contributed by atoms with E-state index in [1.54, 1.807) is 18.2 Å². The van der Waals surface area contributed by atoms with E-state index in [-0.39, 0.29) is 22.6 Å². The third-order valence-electron chi connectivity index (χ3n) is 5.81. The molecule has 4 rings (SSSR count). The van der Waals surface area contributed by atoms with Crippen molar-refractivity contribution in [1.29, 1.82) is 0 Å². The SMILES string of the molecule is Cc1cc(C)c(C2CC(C(=O)Nc3ccc(S(=O)(=O)N4CCOCC4)cc3)NN2)c(O)c1. The average Bonchev–Trinajstić information content (AvgIpc) is 3.24. The van der Waals surface area contributed by atoms with E-state index >= 15 is 0 Å². The summed E-state index contributed by atoms with van der Waals surface area (Å²) in [6.07, 6.45) is 0.465. The third-order valence-corrected chi connectivity index (χ3v) is 7.72. The van der Waals surface area contributed by atoms with Gasteiger partial charge in [-0.25, -0.2) is 19.3 Å². The van der Waals surface area contributed by atoms with Gasteiger partial charge in [0.1, 0.15) is 11.8 Å². The zero-order chi connectivity index (χ0) is 22.9. The molecular weight excluding hydrogens is 432 g/mol. The molecule has 2 heterocycles. The smallest absolute Gasteiger partial charge is 0.243 e. The minimum absolute atomic E-state index is 0.184. The van der Waals surface area contributed by atoms with Crippen molar-refractivity contribution in [3.8, 4) is 5.75 Å². The second kappa shape index (κ2) is 9.16. The average molecular weight is 461 g/mol. The van der Waals surface area contributed by atoms with Gasteiger partial charge in [-0.05, 0) is 61.7 Å². The summed E-state index contributed by atoms with van der Waals surface area (Å²) in [6, 6.07) is 9.17. The standard InChI is InChI=1S/C22H28N4O5S/c1-14-11-15(2)21(20(27)12-14)18-13-19(25-24-18)22(28)23-16-3-5-17(6-4-16)32(29,30)26-7-9-31-10-8-26/h3-6,11-12,18-19,24-25,27H,7-10,13H2,1-2H3,(H,23,28). The van der Waals surface area contributed by atoms with Gasteiger partial charge in [-0.2, -0.15) is 4.31 Å². The molecular formula is C22H28N4O5S. The Labute approximate surface area is 187 Å². The number of hydrazine groups is 1. The first-order valence-corrected chi connectivity index (χ1v) is 12.0. The van der Waals surface area contributed by atoms with Crippen LogP contribution in [0.1, 0.15) is 29.2 Å². The van der Waals surface area contributed by atoms with Gasteiger partial charge in [0.25, 0.3) is 0 Å². The minimum atomic E-state index is -3.58. The number of carbonyl (C=O) groups is 1. The molecule has 1 amide bonds. The Hall–Kier alpha value is -2.50. The Kier molecular flexibility index (Phi) is 6.50. The van der Waals surface area contributed by atoms with E-state index in [2.05, 4.69) is 16.2 Å². The minimum Gasteiger partial charge on any atom is -0.508 e. The zero-order valence-corrected chi connectivity index (χ0v) is 18.9. The lowest BCUT2D eigenvalue weighted by molar-refractivity contribution is -0.117. The van der Waals surface area contributed by atoms with Crippen molar-refractivity contribution in [2.24, 2.45) is 0 Å². The number of anilines is 1. The molecule has 0 spiro atoms. The van der Waals surface area contributed by atoms with Crippen LogP contribution < -0.4 is 16.2 Å². The fourth-order valence-corrected chi connectivity index (χ4v) is 5.61. The first-order chi connectivity index (χ1) is 15.3. The number of morpholine rings is 1. The zero-order valence-electron chi connectivity index (χ0n) is 18.1. The van der Waals surface area contributed by atoms with Crippen molar-refractivity contribution >= 4 is 21.6 Å². The summed E-state index contributed by atoms with van der Waals surface area (Å²) in [7, 11) is -3.58. The Morgan fingerprint density at radius 1 is 1.12 bits per heavy atom. The van der Waals surface area contributed by atoms with E-state index in [1.807, 2.05) is 19.9 Å². The first kappa shape index (κ1) is 22.7. The number of phenols is 1. The number of ether oxygens (including phenoxy) is 1. The number of rotatable bonds is 5. The molecule has 0 aromatic heterocycles. The number of sulfonamides is 1. The van der Waals surface area contributed by atoms with Crippen molar-refractivity contribution in [1.82, 2.24) is 15.2 Å². The number of aryl methyl sites for hydroxylation is 2. The molecule has 0 aliphatic carbocycles. The van der Waals surface area contributed by atoms with Crippen LogP contribution in [0.4, 0.5) is 5.69 Å². The van der Waals surface area contributed by atoms with Gasteiger partial charge >= 0.3 is 0 Å². The highest BCUT2D eigenvalue weighted by Crippen LogP contribution is 2.33. The molecule has 2 aromatic carbocycles. The topological polar surface area (TPSA) is 120 Å². The first-order valence-electron chi connectivity index (χ1n) is 10.6. The van der Waals surface area contributed by atoms with Gasteiger partial charge in [0.2, 0.25) is 15.9 Å². The lowest BCUT2D eigenvalue weighted by atomic mass is 9.95. The van der Waals surface area contributed by atoms with Crippen molar-refractivity contribution in [2.45, 2.75) is 37.2 Å². The number of nitrogens with zero attached hydrogens (tertiary/aromatic N) is 1. The van der Waals surface area contributed by atoms with Crippen LogP contribution in [0.2, 0.25) is 0 Å². The van der Waals surface area contributed by atoms with Gasteiger partial charge < -0.3 is 15.2 Å². The summed E-state index contributed by atoms with van der Waals surface area (Å²) in [5.74, 6) is -0.0343. The second-order valence-corrected chi connectivity index (χ2v) is 10.1. The molecule has 2 unspecified atom stereocenters. The largest absolute Gasteiger partial charge is 0.508 e. The van der Waals surface area contributed by atoms with Gasteiger partial charge in [0.15, 0.2) is 0 Å². The van der Waals surface area contributed by atoms with E-state index in [0.717, 1.165) is 16.7 Å². The summed E-state index contributed by atoms with van der Waals surface area (Å²) in [5.41, 5.74) is 9.29. The van der Waals surface area contributed by atoms with Crippen LogP contribution in [0.5, 0.6) is 5.75 Å². The monoisotopic (exact) mass is 460 g/mol. The van der Waals surface area contributed by atoms with Crippen molar-refractivity contribution in [3.63, 3.8) is 0 Å². The Bertz CT molecular complexity index is 1070. The molecule has 172 valence electrons. The van der Waals surface area contributed by atoms with Gasteiger partial charge in [0.05, 0.1) is 24.2 Å². The predicted molar refractivity (Wildman–Crippen MR) is 120 cm³/mol. The molecule has 2 fully saturated rings. The van der Waals surface area contributed by atoms with Gasteiger partial charge in [-0.3, -0.25) is 4.79 Å². The molecule has 2 atom stereocenters. The van der Waals surface area contributed by atoms with Crippen LogP contribution >= 0.6 is 0 Å². The number of hydrogen-bond acceptors (Lipinski definition) is 7. The summed E-state index contributed by atoms with van der Waals surface area (Å²) in [4.78, 5) is 12.9. The number of benzene rings is 2. The maximum Gasteiger partial charge on any atom is 0.243 e. The lowest BCUT2D eigenvalue weighted by Gasteiger charge is -2.26. The van der Waals surface area contributed by atoms with E-state index in [1.165, 1.54) is 16.4 Å². The predicted octanol–water partition coefficient (Wildman–Crippen LogP) is 1.58. The molecule has 32 heavy (non-hydrogen) atoms. The van der Waals surface area contributed by atoms with E-state index in [9.17, 15) is 18.3 Å². The third kappa shape index (κ3) is 4.64. The number of phenolic OH excluding ortho intramolecular Hbond substituents is 1. The molecule has 0 saturated carbocycles. The number of hydrogen-bond donors (Lipinski definition) is 4. The van der Waals surface area contributed by atoms with Crippen LogP contribution in [0.3, 0.4) is 0 Å². The fourth-order valence-electron chi connectivity index (χ4n) is 4.20. The molecule has 2 aliphatic rings. The summed E-state index contributed by atoms with van der Waals surface area (Å²) >= 11 is 0. The molecule has 2 aliphatic heterocycles. The van der Waals surface area contributed by atoms with Crippen molar-refractivity contribution in [2.75, 3.05) is 31.6 Å². The van der Waals surface area contributed by atoms with Crippen LogP contribution in [0.25, 0.3) is 0 Å².